The standard InChI is InChI=1S/C9H18FNO4S/c1-7(2)8(9(12)13)11-16(14,15)6-4-3-5-10/h7-8,11H,3-6H2,1-2H3,(H,12,13)/t8-/m1/s1. The van der Waals surface area contributed by atoms with Crippen LogP contribution in [0.4, 0.5) is 4.39 Å². The molecule has 0 radical (unpaired) electrons. The summed E-state index contributed by atoms with van der Waals surface area (Å²) in [7, 11) is -3.64. The number of carboxylic acid groups (broad SMARTS) is 1. The molecular formula is C9H18FNO4S. The van der Waals surface area contributed by atoms with Gasteiger partial charge in [-0.05, 0) is 18.8 Å². The van der Waals surface area contributed by atoms with Crippen LogP contribution >= 0.6 is 0 Å². The molecule has 0 amide bonds. The fourth-order valence-electron chi connectivity index (χ4n) is 1.11. The third-order valence-corrected chi connectivity index (χ3v) is 3.48. The Labute approximate surface area is 95.1 Å². The Morgan fingerprint density at radius 2 is 1.94 bits per heavy atom. The van der Waals surface area contributed by atoms with E-state index in [4.69, 9.17) is 5.11 Å². The average molecular weight is 255 g/mol. The number of rotatable bonds is 8. The minimum Gasteiger partial charge on any atom is -0.480 e. The van der Waals surface area contributed by atoms with Gasteiger partial charge in [0, 0.05) is 0 Å². The number of alkyl halides is 1. The Bertz CT molecular complexity index is 315. The first-order valence-electron chi connectivity index (χ1n) is 5.09. The van der Waals surface area contributed by atoms with Crippen molar-refractivity contribution < 1.29 is 22.7 Å². The number of sulfonamides is 1. The summed E-state index contributed by atoms with van der Waals surface area (Å²) in [6, 6.07) is -1.13. The molecule has 7 heteroatoms. The zero-order valence-electron chi connectivity index (χ0n) is 9.44. The molecule has 96 valence electrons. The van der Waals surface area contributed by atoms with Crippen LogP contribution in [0.1, 0.15) is 26.7 Å². The topological polar surface area (TPSA) is 83.5 Å². The number of halogens is 1. The molecular weight excluding hydrogens is 237 g/mol. The Kier molecular flexibility index (Phi) is 6.51. The highest BCUT2D eigenvalue weighted by molar-refractivity contribution is 7.89. The van der Waals surface area contributed by atoms with Gasteiger partial charge in [0.15, 0.2) is 0 Å². The summed E-state index contributed by atoms with van der Waals surface area (Å²) in [5.74, 6) is -1.79. The molecule has 5 nitrogen and oxygen atoms in total. The molecule has 2 N–H and O–H groups in total. The predicted molar refractivity (Wildman–Crippen MR) is 58.4 cm³/mol. The van der Waals surface area contributed by atoms with Crippen LogP contribution in [0.5, 0.6) is 0 Å². The van der Waals surface area contributed by atoms with Gasteiger partial charge < -0.3 is 5.11 Å². The van der Waals surface area contributed by atoms with E-state index in [0.717, 1.165) is 0 Å². The van der Waals surface area contributed by atoms with Crippen molar-refractivity contribution in [2.24, 2.45) is 5.92 Å². The molecule has 16 heavy (non-hydrogen) atoms. The molecule has 0 fully saturated rings. The van der Waals surface area contributed by atoms with Crippen molar-refractivity contribution in [2.45, 2.75) is 32.7 Å². The van der Waals surface area contributed by atoms with E-state index < -0.39 is 28.7 Å². The molecule has 0 saturated carbocycles. The van der Waals surface area contributed by atoms with Crippen LogP contribution in [-0.2, 0) is 14.8 Å². The zero-order valence-corrected chi connectivity index (χ0v) is 10.3. The summed E-state index contributed by atoms with van der Waals surface area (Å²) >= 11 is 0. The lowest BCUT2D eigenvalue weighted by Crippen LogP contribution is -2.45. The van der Waals surface area contributed by atoms with Crippen LogP contribution in [0, 0.1) is 5.92 Å². The van der Waals surface area contributed by atoms with Gasteiger partial charge >= 0.3 is 5.97 Å². The van der Waals surface area contributed by atoms with Crippen LogP contribution in [-0.4, -0.2) is 38.0 Å². The average Bonchev–Trinajstić information content (AvgIpc) is 2.13. The first-order valence-corrected chi connectivity index (χ1v) is 6.74. The minimum atomic E-state index is -3.64. The smallest absolute Gasteiger partial charge is 0.321 e. The molecule has 1 atom stereocenters. The van der Waals surface area contributed by atoms with Gasteiger partial charge in [-0.1, -0.05) is 13.8 Å². The van der Waals surface area contributed by atoms with Gasteiger partial charge in [0.1, 0.15) is 6.04 Å². The van der Waals surface area contributed by atoms with Crippen LogP contribution in [0.3, 0.4) is 0 Å². The molecule has 0 aliphatic carbocycles. The van der Waals surface area contributed by atoms with Gasteiger partial charge in [-0.25, -0.2) is 13.1 Å². The van der Waals surface area contributed by atoms with Crippen molar-refractivity contribution >= 4 is 16.0 Å². The summed E-state index contributed by atoms with van der Waals surface area (Å²) in [6.07, 6.45) is 0.358. The van der Waals surface area contributed by atoms with E-state index in [1.54, 1.807) is 13.8 Å². The number of unbranched alkanes of at least 4 members (excludes halogenated alkanes) is 1. The highest BCUT2D eigenvalue weighted by atomic mass is 32.2. The molecule has 0 saturated heterocycles. The number of hydrogen-bond donors (Lipinski definition) is 2. The van der Waals surface area contributed by atoms with E-state index in [-0.39, 0.29) is 24.5 Å². The minimum absolute atomic E-state index is 0.167. The van der Waals surface area contributed by atoms with Crippen molar-refractivity contribution in [1.29, 1.82) is 0 Å². The molecule has 0 aromatic carbocycles. The maximum Gasteiger partial charge on any atom is 0.321 e. The van der Waals surface area contributed by atoms with Crippen LogP contribution in [0.25, 0.3) is 0 Å². The fourth-order valence-corrected chi connectivity index (χ4v) is 2.57. The Morgan fingerprint density at radius 3 is 2.31 bits per heavy atom. The maximum atomic E-state index is 11.8. The van der Waals surface area contributed by atoms with E-state index in [2.05, 4.69) is 4.72 Å². The summed E-state index contributed by atoms with van der Waals surface area (Å²) in [4.78, 5) is 10.8. The summed E-state index contributed by atoms with van der Waals surface area (Å²) in [6.45, 7) is 2.66. The molecule has 0 rings (SSSR count). The fraction of sp³-hybridized carbons (Fsp3) is 0.889. The molecule has 0 unspecified atom stereocenters. The van der Waals surface area contributed by atoms with Crippen molar-refractivity contribution in [3.63, 3.8) is 0 Å². The molecule has 0 aliphatic rings. The molecule has 0 aliphatic heterocycles. The number of carbonyl (C=O) groups is 1. The summed E-state index contributed by atoms with van der Waals surface area (Å²) in [5.41, 5.74) is 0. The highest BCUT2D eigenvalue weighted by Gasteiger charge is 2.26. The van der Waals surface area contributed by atoms with E-state index in [9.17, 15) is 17.6 Å². The highest BCUT2D eigenvalue weighted by Crippen LogP contribution is 2.05. The number of aliphatic carboxylic acids is 1. The zero-order chi connectivity index (χ0) is 12.8. The SMILES string of the molecule is CC(C)[C@@H](NS(=O)(=O)CCCCF)C(=O)O. The van der Waals surface area contributed by atoms with E-state index >= 15 is 0 Å². The molecule has 0 aromatic rings. The second-order valence-electron chi connectivity index (χ2n) is 3.89. The number of carboxylic acids is 1. The van der Waals surface area contributed by atoms with Crippen LogP contribution < -0.4 is 4.72 Å². The van der Waals surface area contributed by atoms with Gasteiger partial charge in [-0.15, -0.1) is 0 Å². The first-order chi connectivity index (χ1) is 7.30. The van der Waals surface area contributed by atoms with E-state index in [0.29, 0.717) is 0 Å². The van der Waals surface area contributed by atoms with Gasteiger partial charge in [0.25, 0.3) is 0 Å². The second-order valence-corrected chi connectivity index (χ2v) is 5.77. The van der Waals surface area contributed by atoms with Crippen LogP contribution in [0.2, 0.25) is 0 Å². The van der Waals surface area contributed by atoms with Gasteiger partial charge in [0.2, 0.25) is 10.0 Å². The summed E-state index contributed by atoms with van der Waals surface area (Å²) in [5, 5.41) is 8.79. The number of nitrogens with one attached hydrogen (secondary N) is 1. The lowest BCUT2D eigenvalue weighted by atomic mass is 10.1. The lowest BCUT2D eigenvalue weighted by Gasteiger charge is -2.17. The van der Waals surface area contributed by atoms with E-state index in [1.807, 2.05) is 0 Å². The van der Waals surface area contributed by atoms with Gasteiger partial charge in [0.05, 0.1) is 12.4 Å². The predicted octanol–water partition coefficient (Wildman–Crippen LogP) is 0.765. The largest absolute Gasteiger partial charge is 0.480 e. The lowest BCUT2D eigenvalue weighted by molar-refractivity contribution is -0.140. The maximum absolute atomic E-state index is 11.8. The van der Waals surface area contributed by atoms with Gasteiger partial charge in [-0.2, -0.15) is 0 Å². The molecule has 0 spiro atoms. The normalized spacial score (nSPS) is 14.0. The van der Waals surface area contributed by atoms with Crippen molar-refractivity contribution in [1.82, 2.24) is 4.72 Å². The Balaban J connectivity index is 4.37. The number of hydrogen-bond acceptors (Lipinski definition) is 3. The van der Waals surface area contributed by atoms with Crippen LogP contribution in [0.15, 0.2) is 0 Å². The Hall–Kier alpha value is -0.690. The molecule has 0 aromatic heterocycles. The second kappa shape index (κ2) is 6.80. The van der Waals surface area contributed by atoms with Gasteiger partial charge in [-0.3, -0.25) is 9.18 Å². The Morgan fingerprint density at radius 1 is 1.38 bits per heavy atom. The van der Waals surface area contributed by atoms with E-state index in [1.165, 1.54) is 0 Å². The van der Waals surface area contributed by atoms with Crippen molar-refractivity contribution in [3.05, 3.63) is 0 Å². The third-order valence-electron chi connectivity index (χ3n) is 2.04. The first kappa shape index (κ1) is 15.3. The molecule has 0 bridgehead atoms. The quantitative estimate of drug-likeness (QED) is 0.627. The summed E-state index contributed by atoms with van der Waals surface area (Å²) < 4.78 is 36.7. The van der Waals surface area contributed by atoms with Crippen molar-refractivity contribution in [2.75, 3.05) is 12.4 Å². The molecule has 0 heterocycles. The third kappa shape index (κ3) is 6.02. The van der Waals surface area contributed by atoms with Crippen molar-refractivity contribution in [3.8, 4) is 0 Å². The monoisotopic (exact) mass is 255 g/mol.